The van der Waals surface area contributed by atoms with E-state index in [1.807, 2.05) is 116 Å². The highest BCUT2D eigenvalue weighted by atomic mass is 35.5. The number of rotatable bonds is 19. The lowest BCUT2D eigenvalue weighted by atomic mass is 10.0. The van der Waals surface area contributed by atoms with Crippen LogP contribution in [0, 0.1) is 61.2 Å². The van der Waals surface area contributed by atoms with E-state index >= 15 is 0 Å². The van der Waals surface area contributed by atoms with Crippen molar-refractivity contribution in [1.29, 1.82) is 0 Å². The molecule has 8 aliphatic rings. The minimum Gasteiger partial charge on any atom is -0.464 e. The minimum atomic E-state index is -0.671. The van der Waals surface area contributed by atoms with Crippen molar-refractivity contribution in [3.8, 4) is 45.7 Å². The second-order valence-corrected chi connectivity index (χ2v) is 32.7. The van der Waals surface area contributed by atoms with E-state index in [1.165, 1.54) is 38.5 Å². The average molecular weight is 1590 g/mol. The Bertz CT molecular complexity index is 4650. The molecule has 12 heterocycles. The number of methoxy groups -OCH3 is 1. The largest absolute Gasteiger partial charge is 0.464 e. The molecule has 4 aliphatic heterocycles. The fourth-order valence-electron chi connectivity index (χ4n) is 13.7. The Morgan fingerprint density at radius 1 is 0.553 bits per heavy atom. The molecule has 31 nitrogen and oxygen atoms in total. The fourth-order valence-corrected chi connectivity index (χ4v) is 13.9. The first-order valence-electron chi connectivity index (χ1n) is 39.3. The van der Waals surface area contributed by atoms with Crippen LogP contribution in [-0.2, 0) is 43.0 Å². The molecule has 0 bridgehead atoms. The molecule has 114 heavy (non-hydrogen) atoms. The van der Waals surface area contributed by atoms with Crippen LogP contribution >= 0.6 is 11.6 Å². The predicted molar refractivity (Wildman–Crippen MR) is 428 cm³/mol. The zero-order chi connectivity index (χ0) is 80.8. The molecule has 4 atom stereocenters. The number of fused-ring (bicyclic) bond motifs is 2. The summed E-state index contributed by atoms with van der Waals surface area (Å²) in [5, 5.41) is 6.07. The zero-order valence-corrected chi connectivity index (χ0v) is 66.9. The number of hydrogen-bond acceptors (Lipinski definition) is 25. The lowest BCUT2D eigenvalue weighted by Crippen LogP contribution is -2.34. The number of oxazole rings is 2. The molecular weight excluding hydrogens is 1480 g/mol. The lowest BCUT2D eigenvalue weighted by Gasteiger charge is -2.20. The van der Waals surface area contributed by atoms with Gasteiger partial charge in [-0.3, -0.25) is 33.6 Å². The number of esters is 3. The van der Waals surface area contributed by atoms with Gasteiger partial charge >= 0.3 is 17.9 Å². The van der Waals surface area contributed by atoms with Crippen molar-refractivity contribution in [3.63, 3.8) is 0 Å². The Labute approximate surface area is 669 Å². The third-order valence-corrected chi connectivity index (χ3v) is 20.8. The Morgan fingerprint density at radius 3 is 1.38 bits per heavy atom. The van der Waals surface area contributed by atoms with Gasteiger partial charge in [0.1, 0.15) is 46.4 Å². The standard InChI is InChI=1S/C25H26N8O3.C17H14N6O3.C15H25NO3.C11H21NO2.C9H16N2O.C4H5ClO.CH4/c1-14-10-28-18-5-4-17(13-33(14)18)19-20(24-27-7-9-36-24)31-22(26)21(30-19)23(34)29-11-15-6-8-32(12-15)25(35)16-2-3-16;1-9-7-20-11-4-3-10(8-23(9)11)12-13(16-19-5-6-26-16)22-15(18)14(21-12)17(24)25-2;1-15(2,3)19-13(17)7-4-11-8-9-16(10-11)14(18)12-5-6-12;1-11(2,3)14-10(13)5-4-9-6-7-12-8-9;10-5-7-3-4-11(6-7)9(12)8-1-2-8;5-4(6)3-1-2-3;/h4-5,7,9-10,13,15-16H,2-3,6,8,11-12H2,1H3,(H2,26,31)(H,29,34);3-8H,1-2H3,(H2,18,22);11-12H,4-10H2,1-3H3;9,12H,4-8H2,1-3H3;7-8H,1-6,10H2;3H,1-2H2;1H4/t15-;;11-;9-;7-;;/m0.110../s1. The number of nitrogens with one attached hydrogen (secondary N) is 2. The Kier molecular flexibility index (Phi) is 29.2. The Morgan fingerprint density at radius 2 is 0.982 bits per heavy atom. The van der Waals surface area contributed by atoms with Gasteiger partial charge in [0, 0.05) is 130 Å². The van der Waals surface area contributed by atoms with Crippen LogP contribution in [0.4, 0.5) is 11.6 Å². The second kappa shape index (κ2) is 38.7. The highest BCUT2D eigenvalue weighted by Crippen LogP contribution is 2.38. The number of amides is 4. The van der Waals surface area contributed by atoms with Crippen LogP contribution in [0.1, 0.15) is 184 Å². The van der Waals surface area contributed by atoms with Gasteiger partial charge in [-0.1, -0.05) is 7.43 Å². The molecule has 0 aromatic carbocycles. The SMILES string of the molecule is C.CC(C)(C)OC(=O)CC[C@@H]1CCN(C(=O)C2CC2)C1.CC(C)(C)OC(=O)CC[C@@H]1CCNC1.COC(=O)c1nc(-c2ccc3ncc(C)n3c2)c(-c2ncco2)nc1N.Cc1cnc2ccc(-c3nc(C(=O)NC[C@@H]4CCN(C(=O)C5CC5)C4)c(N)nc3-c3ncco3)cn12.NC[C@@H]1CCN(C(=O)C2CC2)C1.O=C(Cl)C1CC1. The van der Waals surface area contributed by atoms with Gasteiger partial charge in [0.25, 0.3) is 5.91 Å². The summed E-state index contributed by atoms with van der Waals surface area (Å²) in [7, 11) is 1.26. The van der Waals surface area contributed by atoms with Crippen molar-refractivity contribution in [1.82, 2.24) is 74.0 Å². The number of imidazole rings is 2. The van der Waals surface area contributed by atoms with Gasteiger partial charge in [0.15, 0.2) is 34.4 Å². The van der Waals surface area contributed by atoms with Crippen LogP contribution in [0.2, 0.25) is 0 Å². The van der Waals surface area contributed by atoms with E-state index < -0.39 is 17.5 Å². The molecule has 0 spiro atoms. The first-order chi connectivity index (χ1) is 54.0. The second-order valence-electron chi connectivity index (χ2n) is 32.3. The van der Waals surface area contributed by atoms with E-state index in [9.17, 15) is 38.4 Å². The molecule has 4 amide bonds. The highest BCUT2D eigenvalue weighted by molar-refractivity contribution is 6.64. The number of ether oxygens (including phenoxy) is 3. The molecule has 0 radical (unpaired) electrons. The van der Waals surface area contributed by atoms with E-state index in [1.54, 1.807) is 12.4 Å². The number of likely N-dealkylation sites (tertiary alicyclic amines) is 3. The third-order valence-electron chi connectivity index (χ3n) is 20.5. The lowest BCUT2D eigenvalue weighted by molar-refractivity contribution is -0.156. The summed E-state index contributed by atoms with van der Waals surface area (Å²) in [6.45, 7) is 23.5. The predicted octanol–water partition coefficient (Wildman–Crippen LogP) is 10.5. The summed E-state index contributed by atoms with van der Waals surface area (Å²) in [6.07, 6.45) is 28.6. The summed E-state index contributed by atoms with van der Waals surface area (Å²) in [4.78, 5) is 135. The molecule has 8 N–H and O–H groups in total. The first-order valence-corrected chi connectivity index (χ1v) is 39.7. The van der Waals surface area contributed by atoms with Gasteiger partial charge in [0.05, 0.1) is 19.5 Å². The van der Waals surface area contributed by atoms with Crippen molar-refractivity contribution in [2.24, 2.45) is 53.1 Å². The van der Waals surface area contributed by atoms with Gasteiger partial charge in [-0.15, -0.1) is 0 Å². The van der Waals surface area contributed by atoms with Crippen molar-refractivity contribution in [2.45, 2.75) is 177 Å². The Hall–Kier alpha value is -10.3. The molecule has 4 saturated carbocycles. The number of nitrogens with zero attached hydrogens (tertiary/aromatic N) is 13. The summed E-state index contributed by atoms with van der Waals surface area (Å²) in [6, 6.07) is 7.40. The number of carbonyl (C=O) groups is 8. The molecule has 8 fully saturated rings. The van der Waals surface area contributed by atoms with E-state index in [-0.39, 0.29) is 88.7 Å². The molecule has 4 saturated heterocycles. The number of pyridine rings is 2. The number of aryl methyl sites for hydroxylation is 2. The van der Waals surface area contributed by atoms with Crippen molar-refractivity contribution in [2.75, 3.05) is 84.0 Å². The third kappa shape index (κ3) is 24.2. The summed E-state index contributed by atoms with van der Waals surface area (Å²) >= 11 is 5.04. The molecule has 16 rings (SSSR count). The van der Waals surface area contributed by atoms with Crippen LogP contribution in [0.25, 0.3) is 57.0 Å². The van der Waals surface area contributed by atoms with E-state index in [0.29, 0.717) is 101 Å². The smallest absolute Gasteiger partial charge is 0.360 e. The number of nitrogens with two attached hydrogens (primary N) is 3. The maximum Gasteiger partial charge on any atom is 0.360 e. The zero-order valence-electron chi connectivity index (χ0n) is 66.2. The van der Waals surface area contributed by atoms with Crippen LogP contribution in [-0.4, -0.2) is 194 Å². The maximum absolute atomic E-state index is 13.1. The normalized spacial score (nSPS) is 18.9. The van der Waals surface area contributed by atoms with Gasteiger partial charge in [0.2, 0.25) is 34.7 Å². The van der Waals surface area contributed by atoms with Gasteiger partial charge in [-0.25, -0.2) is 44.7 Å². The van der Waals surface area contributed by atoms with Crippen LogP contribution < -0.4 is 27.8 Å². The van der Waals surface area contributed by atoms with Crippen LogP contribution in [0.5, 0.6) is 0 Å². The van der Waals surface area contributed by atoms with Crippen molar-refractivity contribution in [3.05, 3.63) is 96.7 Å². The van der Waals surface area contributed by atoms with E-state index in [4.69, 9.17) is 51.8 Å². The summed E-state index contributed by atoms with van der Waals surface area (Å²) in [5.74, 6) is 3.14. The maximum atomic E-state index is 13.1. The number of aromatic nitrogens is 10. The quantitative estimate of drug-likeness (QED) is 0.0285. The molecule has 4 aliphatic carbocycles. The number of hydrogen-bond donors (Lipinski definition) is 5. The van der Waals surface area contributed by atoms with Crippen LogP contribution in [0.3, 0.4) is 0 Å². The summed E-state index contributed by atoms with van der Waals surface area (Å²) < 4.78 is 30.0. The molecular formula is C82H111ClN18O13. The minimum absolute atomic E-state index is 0. The molecule has 614 valence electrons. The summed E-state index contributed by atoms with van der Waals surface area (Å²) in [5.41, 5.74) is 23.3. The van der Waals surface area contributed by atoms with Crippen molar-refractivity contribution < 1.29 is 61.4 Å². The van der Waals surface area contributed by atoms with Gasteiger partial charge in [-0.2, -0.15) is 0 Å². The topological polar surface area (TPSA) is 414 Å². The first kappa shape index (κ1) is 86.1. The van der Waals surface area contributed by atoms with E-state index in [0.717, 1.165) is 159 Å². The monoisotopic (exact) mass is 1590 g/mol. The molecule has 8 aromatic rings. The molecule has 32 heteroatoms. The molecule has 0 unspecified atom stereocenters. The van der Waals surface area contributed by atoms with Crippen molar-refractivity contribution >= 4 is 81.3 Å². The highest BCUT2D eigenvalue weighted by Gasteiger charge is 2.40. The van der Waals surface area contributed by atoms with Gasteiger partial charge < -0.3 is 74.4 Å². The number of carbonyl (C=O) groups excluding carboxylic acids is 8. The van der Waals surface area contributed by atoms with Gasteiger partial charge in [-0.05, 0) is 224 Å². The average Bonchev–Trinajstić information content (AvgIpc) is 1.20. The molecule has 8 aromatic heterocycles. The van der Waals surface area contributed by atoms with Crippen LogP contribution in [0.15, 0.2) is 82.8 Å². The number of anilines is 2. The fraction of sp³-hybridized carbons (Fsp3) is 0.561. The number of nitrogen functional groups attached to an aromatic ring is 2. The Balaban J connectivity index is 0.000000155. The number of halogens is 1. The van der Waals surface area contributed by atoms with E-state index in [2.05, 4.69) is 50.5 Å².